The molecular formula is C11H9Cl3N4O3. The van der Waals surface area contributed by atoms with Crippen LogP contribution in [-0.2, 0) is 9.59 Å². The van der Waals surface area contributed by atoms with Crippen molar-refractivity contribution in [1.29, 1.82) is 0 Å². The summed E-state index contributed by atoms with van der Waals surface area (Å²) in [6.07, 6.45) is 0. The van der Waals surface area contributed by atoms with Crippen LogP contribution in [0, 0.1) is 0 Å². The SMILES string of the molecule is O=C(CN1C(=O)CNC1=O)NNc1c(Cl)cc(Cl)cc1Cl. The number of carbonyl (C=O) groups is 3. The van der Waals surface area contributed by atoms with Crippen LogP contribution in [0.3, 0.4) is 0 Å². The summed E-state index contributed by atoms with van der Waals surface area (Å²) in [7, 11) is 0. The minimum Gasteiger partial charge on any atom is -0.329 e. The average molecular weight is 352 g/mol. The normalized spacial score (nSPS) is 14.1. The summed E-state index contributed by atoms with van der Waals surface area (Å²) in [6, 6.07) is 2.28. The number of amides is 4. The van der Waals surface area contributed by atoms with Crippen molar-refractivity contribution >= 4 is 58.3 Å². The maximum atomic E-state index is 11.7. The second-order valence-electron chi connectivity index (χ2n) is 4.06. The van der Waals surface area contributed by atoms with Crippen molar-refractivity contribution in [3.63, 3.8) is 0 Å². The minimum absolute atomic E-state index is 0.117. The van der Waals surface area contributed by atoms with E-state index in [1.165, 1.54) is 12.1 Å². The second kappa shape index (κ2) is 6.38. The molecule has 1 aliphatic rings. The van der Waals surface area contributed by atoms with Gasteiger partial charge in [0.1, 0.15) is 6.54 Å². The highest BCUT2D eigenvalue weighted by Crippen LogP contribution is 2.32. The van der Waals surface area contributed by atoms with Crippen molar-refractivity contribution in [3.05, 3.63) is 27.2 Å². The van der Waals surface area contributed by atoms with E-state index in [-0.39, 0.29) is 22.3 Å². The molecule has 0 spiro atoms. The number of hydrogen-bond donors (Lipinski definition) is 3. The quantitative estimate of drug-likeness (QED) is 0.568. The van der Waals surface area contributed by atoms with Gasteiger partial charge in [0.05, 0.1) is 22.3 Å². The Morgan fingerprint density at radius 1 is 1.24 bits per heavy atom. The van der Waals surface area contributed by atoms with Crippen LogP contribution in [0.4, 0.5) is 10.5 Å². The van der Waals surface area contributed by atoms with Crippen LogP contribution in [0.5, 0.6) is 0 Å². The van der Waals surface area contributed by atoms with E-state index in [4.69, 9.17) is 34.8 Å². The highest BCUT2D eigenvalue weighted by Gasteiger charge is 2.30. The first-order valence-electron chi connectivity index (χ1n) is 5.66. The Labute approximate surface area is 134 Å². The first kappa shape index (κ1) is 15.7. The lowest BCUT2D eigenvalue weighted by Crippen LogP contribution is -2.42. The van der Waals surface area contributed by atoms with Crippen molar-refractivity contribution in [1.82, 2.24) is 15.6 Å². The molecule has 1 saturated heterocycles. The molecule has 0 atom stereocenters. The van der Waals surface area contributed by atoms with Gasteiger partial charge in [-0.2, -0.15) is 0 Å². The van der Waals surface area contributed by atoms with Gasteiger partial charge in [0.25, 0.3) is 11.8 Å². The molecule has 1 aromatic rings. The summed E-state index contributed by atoms with van der Waals surface area (Å²) < 4.78 is 0. The van der Waals surface area contributed by atoms with Gasteiger partial charge >= 0.3 is 6.03 Å². The fourth-order valence-electron chi connectivity index (χ4n) is 1.59. The van der Waals surface area contributed by atoms with E-state index in [2.05, 4.69) is 16.2 Å². The average Bonchev–Trinajstić information content (AvgIpc) is 2.69. The van der Waals surface area contributed by atoms with E-state index in [0.717, 1.165) is 4.90 Å². The smallest absolute Gasteiger partial charge is 0.325 e. The summed E-state index contributed by atoms with van der Waals surface area (Å²) in [6.45, 7) is -0.533. The molecule has 1 heterocycles. The van der Waals surface area contributed by atoms with Crippen LogP contribution in [0.25, 0.3) is 0 Å². The third-order valence-electron chi connectivity index (χ3n) is 2.57. The van der Waals surface area contributed by atoms with Crippen molar-refractivity contribution < 1.29 is 14.4 Å². The van der Waals surface area contributed by atoms with Gasteiger partial charge in [0, 0.05) is 5.02 Å². The molecule has 112 valence electrons. The lowest BCUT2D eigenvalue weighted by molar-refractivity contribution is -0.130. The zero-order chi connectivity index (χ0) is 15.6. The molecule has 4 amide bonds. The number of rotatable bonds is 4. The summed E-state index contributed by atoms with van der Waals surface area (Å²) >= 11 is 17.6. The van der Waals surface area contributed by atoms with Gasteiger partial charge in [-0.05, 0) is 12.1 Å². The Morgan fingerprint density at radius 3 is 2.38 bits per heavy atom. The third kappa shape index (κ3) is 3.69. The lowest BCUT2D eigenvalue weighted by Gasteiger charge is -2.15. The summed E-state index contributed by atoms with van der Waals surface area (Å²) in [5, 5.41) is 3.07. The zero-order valence-corrected chi connectivity index (χ0v) is 12.6. The van der Waals surface area contributed by atoms with Gasteiger partial charge in [-0.15, -0.1) is 0 Å². The Hall–Kier alpha value is -1.70. The molecule has 3 N–H and O–H groups in total. The topological polar surface area (TPSA) is 90.5 Å². The molecule has 0 radical (unpaired) electrons. The lowest BCUT2D eigenvalue weighted by atomic mass is 10.3. The first-order chi connectivity index (χ1) is 9.88. The van der Waals surface area contributed by atoms with Gasteiger partial charge in [-0.1, -0.05) is 34.8 Å². The second-order valence-corrected chi connectivity index (χ2v) is 5.31. The molecule has 1 aromatic carbocycles. The Kier molecular flexibility index (Phi) is 4.76. The van der Waals surface area contributed by atoms with Crippen molar-refractivity contribution in [2.45, 2.75) is 0 Å². The van der Waals surface area contributed by atoms with Gasteiger partial charge in [-0.3, -0.25) is 25.3 Å². The number of imide groups is 1. The van der Waals surface area contributed by atoms with Crippen LogP contribution in [-0.4, -0.2) is 35.8 Å². The maximum absolute atomic E-state index is 11.7. The first-order valence-corrected chi connectivity index (χ1v) is 6.79. The Balaban J connectivity index is 1.96. The van der Waals surface area contributed by atoms with Crippen LogP contribution < -0.4 is 16.2 Å². The molecule has 0 saturated carbocycles. The number of halogens is 3. The van der Waals surface area contributed by atoms with Crippen molar-refractivity contribution in [3.8, 4) is 0 Å². The molecule has 1 fully saturated rings. The molecule has 0 aromatic heterocycles. The molecule has 0 aliphatic carbocycles. The number of anilines is 1. The van der Waals surface area contributed by atoms with Crippen LogP contribution in [0.1, 0.15) is 0 Å². The molecule has 0 unspecified atom stereocenters. The summed E-state index contributed by atoms with van der Waals surface area (Å²) in [5.74, 6) is -1.08. The van der Waals surface area contributed by atoms with Gasteiger partial charge in [0.2, 0.25) is 0 Å². The standard InChI is InChI=1S/C11H9Cl3N4O3/c12-5-1-6(13)10(7(14)2-5)17-16-8(19)4-18-9(20)3-15-11(18)21/h1-2,17H,3-4H2,(H,15,21)(H,16,19). The van der Waals surface area contributed by atoms with Crippen molar-refractivity contribution in [2.24, 2.45) is 0 Å². The Morgan fingerprint density at radius 2 is 1.86 bits per heavy atom. The number of nitrogens with one attached hydrogen (secondary N) is 3. The third-order valence-corrected chi connectivity index (χ3v) is 3.39. The zero-order valence-electron chi connectivity index (χ0n) is 10.4. The van der Waals surface area contributed by atoms with Gasteiger partial charge in [-0.25, -0.2) is 4.79 Å². The largest absolute Gasteiger partial charge is 0.329 e. The minimum atomic E-state index is -0.613. The maximum Gasteiger partial charge on any atom is 0.325 e. The van der Waals surface area contributed by atoms with E-state index < -0.39 is 24.4 Å². The van der Waals surface area contributed by atoms with E-state index in [0.29, 0.717) is 5.02 Å². The fraction of sp³-hybridized carbons (Fsp3) is 0.182. The predicted octanol–water partition coefficient (Wildman–Crippen LogP) is 1.64. The molecule has 0 bridgehead atoms. The van der Waals surface area contributed by atoms with Gasteiger partial charge < -0.3 is 5.32 Å². The van der Waals surface area contributed by atoms with Crippen LogP contribution in [0.15, 0.2) is 12.1 Å². The number of urea groups is 1. The highest BCUT2D eigenvalue weighted by molar-refractivity contribution is 6.41. The molecule has 21 heavy (non-hydrogen) atoms. The predicted molar refractivity (Wildman–Crippen MR) is 78.3 cm³/mol. The summed E-state index contributed by atoms with van der Waals surface area (Å²) in [4.78, 5) is 35.1. The molecular weight excluding hydrogens is 343 g/mol. The molecule has 1 aliphatic heterocycles. The monoisotopic (exact) mass is 350 g/mol. The highest BCUT2D eigenvalue weighted by atomic mass is 35.5. The van der Waals surface area contributed by atoms with E-state index in [1.54, 1.807) is 0 Å². The number of hydrazine groups is 1. The molecule has 7 nitrogen and oxygen atoms in total. The van der Waals surface area contributed by atoms with Crippen LogP contribution >= 0.6 is 34.8 Å². The number of nitrogens with zero attached hydrogens (tertiary/aromatic N) is 1. The Bertz CT molecular complexity index is 584. The number of carbonyl (C=O) groups excluding carboxylic acids is 3. The van der Waals surface area contributed by atoms with Gasteiger partial charge in [0.15, 0.2) is 0 Å². The number of hydrogen-bond acceptors (Lipinski definition) is 4. The molecule has 10 heteroatoms. The van der Waals surface area contributed by atoms with E-state index in [1.807, 2.05) is 0 Å². The van der Waals surface area contributed by atoms with Crippen LogP contribution in [0.2, 0.25) is 15.1 Å². The number of benzene rings is 1. The summed E-state index contributed by atoms with van der Waals surface area (Å²) in [5.41, 5.74) is 5.07. The fourth-order valence-corrected chi connectivity index (χ4v) is 2.50. The van der Waals surface area contributed by atoms with Crippen molar-refractivity contribution in [2.75, 3.05) is 18.5 Å². The van der Waals surface area contributed by atoms with E-state index >= 15 is 0 Å². The molecule has 2 rings (SSSR count). The van der Waals surface area contributed by atoms with E-state index in [9.17, 15) is 14.4 Å².